The number of fused-ring (bicyclic) bond motifs is 1. The zero-order valence-electron chi connectivity index (χ0n) is 20.4. The minimum Gasteiger partial charge on any atom is -0.339 e. The Morgan fingerprint density at radius 1 is 1.17 bits per heavy atom. The number of thiazole rings is 1. The maximum absolute atomic E-state index is 13.1. The topological polar surface area (TPSA) is 71.0 Å². The molecule has 2 aromatic heterocycles. The van der Waals surface area contributed by atoms with Crippen LogP contribution >= 0.6 is 23.1 Å². The van der Waals surface area contributed by atoms with Gasteiger partial charge in [0.05, 0.1) is 15.2 Å². The summed E-state index contributed by atoms with van der Waals surface area (Å²) in [5.74, 6) is -1.18. The second-order valence-electron chi connectivity index (χ2n) is 10.1. The summed E-state index contributed by atoms with van der Waals surface area (Å²) in [6.45, 7) is 6.07. The number of piperidine rings is 1. The van der Waals surface area contributed by atoms with Crippen molar-refractivity contribution in [1.29, 1.82) is 0 Å². The smallest absolute Gasteiger partial charge is 0.289 e. The van der Waals surface area contributed by atoms with Crippen LogP contribution in [0.5, 0.6) is 0 Å². The molecule has 1 spiro atoms. The summed E-state index contributed by atoms with van der Waals surface area (Å²) in [5, 5.41) is 4.46. The van der Waals surface area contributed by atoms with E-state index in [9.17, 15) is 13.6 Å². The van der Waals surface area contributed by atoms with Gasteiger partial charge >= 0.3 is 0 Å². The summed E-state index contributed by atoms with van der Waals surface area (Å²) in [4.78, 5) is 28.7. The van der Waals surface area contributed by atoms with Crippen LogP contribution < -0.4 is 5.32 Å². The average Bonchev–Trinajstić information content (AvgIpc) is 3.27. The highest BCUT2D eigenvalue weighted by molar-refractivity contribution is 7.99. The van der Waals surface area contributed by atoms with Crippen LogP contribution in [-0.4, -0.2) is 57.7 Å². The van der Waals surface area contributed by atoms with Crippen molar-refractivity contribution in [3.63, 3.8) is 0 Å². The fraction of sp³-hybridized carbons (Fsp3) is 0.538. The van der Waals surface area contributed by atoms with E-state index in [1.807, 2.05) is 23.1 Å². The first-order valence-corrected chi connectivity index (χ1v) is 14.2. The Hall–Kier alpha value is -2.17. The lowest BCUT2D eigenvalue weighted by molar-refractivity contribution is 0.0415. The van der Waals surface area contributed by atoms with Gasteiger partial charge in [0.2, 0.25) is 0 Å². The Morgan fingerprint density at radius 2 is 1.89 bits per heavy atom. The summed E-state index contributed by atoms with van der Waals surface area (Å²) < 4.78 is 25.9. The number of nitrogens with one attached hydrogen (secondary N) is 1. The van der Waals surface area contributed by atoms with E-state index in [4.69, 9.17) is 4.98 Å². The molecule has 1 amide bonds. The minimum absolute atomic E-state index is 0.130. The Morgan fingerprint density at radius 3 is 2.56 bits per heavy atom. The molecule has 1 N–H and O–H groups in total. The fourth-order valence-corrected chi connectivity index (χ4v) is 6.39. The van der Waals surface area contributed by atoms with Crippen LogP contribution in [0.4, 0.5) is 8.78 Å². The molecule has 2 fully saturated rings. The van der Waals surface area contributed by atoms with Crippen LogP contribution in [0.2, 0.25) is 0 Å². The highest BCUT2D eigenvalue weighted by Gasteiger charge is 2.40. The molecular formula is C26H31F2N5OS2. The molecule has 0 aliphatic carbocycles. The lowest BCUT2D eigenvalue weighted by Crippen LogP contribution is -2.58. The van der Waals surface area contributed by atoms with Crippen molar-refractivity contribution >= 4 is 39.2 Å². The molecule has 192 valence electrons. The van der Waals surface area contributed by atoms with Crippen LogP contribution in [-0.2, 0) is 12.8 Å². The minimum atomic E-state index is -2.46. The molecule has 10 heteroatoms. The molecule has 0 radical (unpaired) electrons. The molecule has 2 aliphatic heterocycles. The zero-order chi connectivity index (χ0) is 25.1. The van der Waals surface area contributed by atoms with Crippen molar-refractivity contribution in [2.75, 3.05) is 26.2 Å². The van der Waals surface area contributed by atoms with E-state index in [-0.39, 0.29) is 5.91 Å². The molecule has 1 atom stereocenters. The molecule has 2 aliphatic rings. The molecule has 2 saturated heterocycles. The number of aryl methyl sites for hydroxylation is 2. The second kappa shape index (κ2) is 11.1. The van der Waals surface area contributed by atoms with E-state index in [0.29, 0.717) is 33.8 Å². The largest absolute Gasteiger partial charge is 0.339 e. The van der Waals surface area contributed by atoms with Gasteiger partial charge in [0.1, 0.15) is 5.82 Å². The molecular weight excluding hydrogens is 500 g/mol. The number of carbonyl (C=O) groups is 1. The SMILES string of the molecule is C[C@@H](CCc1ncc(SC(F)F)cn1)CCc1nc2ccc(C(=O)N3CCC4(CC3)CNC4)cc2s1. The molecule has 6 nitrogen and oxygen atoms in total. The molecule has 0 unspecified atom stereocenters. The summed E-state index contributed by atoms with van der Waals surface area (Å²) in [6.07, 6.45) is 8.65. The lowest BCUT2D eigenvalue weighted by Gasteiger charge is -2.48. The van der Waals surface area contributed by atoms with Crippen molar-refractivity contribution in [3.05, 3.63) is 47.0 Å². The summed E-state index contributed by atoms with van der Waals surface area (Å²) >= 11 is 2.14. The van der Waals surface area contributed by atoms with Gasteiger partial charge in [-0.05, 0) is 61.6 Å². The Kier molecular flexibility index (Phi) is 7.83. The van der Waals surface area contributed by atoms with Gasteiger partial charge in [0.25, 0.3) is 11.7 Å². The zero-order valence-corrected chi connectivity index (χ0v) is 22.0. The van der Waals surface area contributed by atoms with Gasteiger partial charge in [-0.15, -0.1) is 11.3 Å². The number of hydrogen-bond donors (Lipinski definition) is 1. The van der Waals surface area contributed by atoms with E-state index in [1.54, 1.807) is 11.3 Å². The van der Waals surface area contributed by atoms with Crippen molar-refractivity contribution in [3.8, 4) is 0 Å². The van der Waals surface area contributed by atoms with Gasteiger partial charge in [0.15, 0.2) is 0 Å². The number of alkyl halides is 2. The Labute approximate surface area is 218 Å². The van der Waals surface area contributed by atoms with Gasteiger partial charge in [0, 0.05) is 55.5 Å². The molecule has 5 rings (SSSR count). The number of nitrogens with zero attached hydrogens (tertiary/aromatic N) is 4. The summed E-state index contributed by atoms with van der Waals surface area (Å²) in [6, 6.07) is 5.89. The molecule has 4 heterocycles. The van der Waals surface area contributed by atoms with Gasteiger partial charge in [-0.1, -0.05) is 18.7 Å². The van der Waals surface area contributed by atoms with E-state index in [2.05, 4.69) is 22.2 Å². The van der Waals surface area contributed by atoms with E-state index < -0.39 is 5.76 Å². The lowest BCUT2D eigenvalue weighted by atomic mass is 9.73. The van der Waals surface area contributed by atoms with E-state index in [0.717, 1.165) is 85.5 Å². The number of carbonyl (C=O) groups excluding carboxylic acids is 1. The number of amides is 1. The van der Waals surface area contributed by atoms with Crippen LogP contribution in [0.1, 0.15) is 53.8 Å². The number of rotatable bonds is 9. The first-order valence-electron chi connectivity index (χ1n) is 12.5. The van der Waals surface area contributed by atoms with Crippen molar-refractivity contribution < 1.29 is 13.6 Å². The van der Waals surface area contributed by atoms with E-state index >= 15 is 0 Å². The molecule has 0 bridgehead atoms. The first kappa shape index (κ1) is 25.5. The normalized spacial score (nSPS) is 18.1. The van der Waals surface area contributed by atoms with Gasteiger partial charge in [-0.2, -0.15) is 8.78 Å². The van der Waals surface area contributed by atoms with E-state index in [1.165, 1.54) is 12.4 Å². The standard InChI is InChI=1S/C26H31F2N5OS2/c1-17(2-6-22-30-13-19(14-31-22)35-25(27)28)3-7-23-32-20-5-4-18(12-21(20)36-23)24(34)33-10-8-26(9-11-33)15-29-16-26/h4-5,12-14,17,25,29H,2-3,6-11,15-16H2,1H3/t17-/m0/s1. The predicted octanol–water partition coefficient (Wildman–Crippen LogP) is 5.43. The predicted molar refractivity (Wildman–Crippen MR) is 140 cm³/mol. The highest BCUT2D eigenvalue weighted by atomic mass is 32.2. The van der Waals surface area contributed by atoms with Gasteiger partial charge in [-0.25, -0.2) is 15.0 Å². The quantitative estimate of drug-likeness (QED) is 0.372. The molecule has 3 aromatic rings. The van der Waals surface area contributed by atoms with Gasteiger partial charge in [-0.3, -0.25) is 4.79 Å². The maximum Gasteiger partial charge on any atom is 0.289 e. The average molecular weight is 532 g/mol. The van der Waals surface area contributed by atoms with Crippen molar-refractivity contribution in [2.24, 2.45) is 11.3 Å². The third-order valence-electron chi connectivity index (χ3n) is 7.41. The number of aromatic nitrogens is 3. The molecule has 0 saturated carbocycles. The van der Waals surface area contributed by atoms with Crippen molar-refractivity contribution in [1.82, 2.24) is 25.2 Å². The molecule has 36 heavy (non-hydrogen) atoms. The first-order chi connectivity index (χ1) is 17.4. The Bertz CT molecular complexity index is 1190. The number of halogens is 2. The fourth-order valence-electron chi connectivity index (χ4n) is 4.94. The number of thioether (sulfide) groups is 1. The van der Waals surface area contributed by atoms with Crippen LogP contribution in [0, 0.1) is 11.3 Å². The van der Waals surface area contributed by atoms with Gasteiger partial charge < -0.3 is 10.2 Å². The monoisotopic (exact) mass is 531 g/mol. The number of benzene rings is 1. The maximum atomic E-state index is 13.1. The third kappa shape index (κ3) is 6.03. The third-order valence-corrected chi connectivity index (χ3v) is 9.15. The number of hydrogen-bond acceptors (Lipinski definition) is 7. The van der Waals surface area contributed by atoms with Crippen LogP contribution in [0.15, 0.2) is 35.5 Å². The Balaban J connectivity index is 1.11. The number of likely N-dealkylation sites (tertiary alicyclic amines) is 1. The highest BCUT2D eigenvalue weighted by Crippen LogP contribution is 2.35. The van der Waals surface area contributed by atoms with Crippen LogP contribution in [0.25, 0.3) is 10.2 Å². The van der Waals surface area contributed by atoms with Crippen molar-refractivity contribution in [2.45, 2.75) is 56.1 Å². The second-order valence-corrected chi connectivity index (χ2v) is 12.3. The molecule has 1 aromatic carbocycles. The summed E-state index contributed by atoms with van der Waals surface area (Å²) in [5.41, 5.74) is 2.14. The van der Waals surface area contributed by atoms with Crippen LogP contribution in [0.3, 0.4) is 0 Å². The summed E-state index contributed by atoms with van der Waals surface area (Å²) in [7, 11) is 0.